The Morgan fingerprint density at radius 2 is 1.79 bits per heavy atom. The van der Waals surface area contributed by atoms with Gasteiger partial charge in [0.2, 0.25) is 0 Å². The summed E-state index contributed by atoms with van der Waals surface area (Å²) in [5.74, 6) is -0.533. The van der Waals surface area contributed by atoms with E-state index in [2.05, 4.69) is 10.3 Å². The van der Waals surface area contributed by atoms with Crippen molar-refractivity contribution in [2.75, 3.05) is 5.32 Å². The number of carbonyl (C=O) groups excluding carboxylic acids is 1. The van der Waals surface area contributed by atoms with Crippen LogP contribution in [-0.4, -0.2) is 15.3 Å². The number of halogens is 4. The number of carbonyl (C=O) groups is 1. The zero-order valence-corrected chi connectivity index (χ0v) is 16.6. The largest absolute Gasteiger partial charge is 0.417 e. The Hall–Kier alpha value is -2.54. The molecule has 2 aromatic heterocycles. The van der Waals surface area contributed by atoms with Crippen molar-refractivity contribution in [2.24, 2.45) is 0 Å². The maximum atomic E-state index is 13.2. The smallest absolute Gasteiger partial charge is 0.320 e. The molecule has 8 heteroatoms. The number of fused-ring (bicyclic) bond motifs is 1. The van der Waals surface area contributed by atoms with Crippen LogP contribution in [0.25, 0.3) is 5.65 Å². The predicted octanol–water partition coefficient (Wildman–Crippen LogP) is 5.75. The number of aryl methyl sites for hydroxylation is 4. The van der Waals surface area contributed by atoms with E-state index in [9.17, 15) is 18.0 Å². The van der Waals surface area contributed by atoms with Crippen molar-refractivity contribution in [1.82, 2.24) is 9.38 Å². The average molecular weight is 410 g/mol. The minimum Gasteiger partial charge on any atom is -0.320 e. The van der Waals surface area contributed by atoms with Crippen molar-refractivity contribution < 1.29 is 18.0 Å². The van der Waals surface area contributed by atoms with E-state index in [4.69, 9.17) is 11.6 Å². The van der Waals surface area contributed by atoms with Gasteiger partial charge in [-0.25, -0.2) is 4.98 Å². The number of aromatic nitrogens is 2. The highest BCUT2D eigenvalue weighted by Crippen LogP contribution is 2.33. The van der Waals surface area contributed by atoms with Crippen LogP contribution in [0.5, 0.6) is 0 Å². The molecule has 3 rings (SSSR count). The van der Waals surface area contributed by atoms with Crippen molar-refractivity contribution in [3.63, 3.8) is 0 Å². The molecule has 0 atom stereocenters. The van der Waals surface area contributed by atoms with Gasteiger partial charge in [-0.2, -0.15) is 13.2 Å². The first-order chi connectivity index (χ1) is 13.0. The summed E-state index contributed by atoms with van der Waals surface area (Å²) in [5, 5.41) is 2.67. The van der Waals surface area contributed by atoms with Gasteiger partial charge in [-0.05, 0) is 44.4 Å². The molecule has 0 aliphatic rings. The quantitative estimate of drug-likeness (QED) is 0.599. The van der Waals surface area contributed by atoms with E-state index in [-0.39, 0.29) is 16.4 Å². The van der Waals surface area contributed by atoms with Crippen molar-refractivity contribution in [2.45, 2.75) is 40.3 Å². The Labute approximate surface area is 165 Å². The summed E-state index contributed by atoms with van der Waals surface area (Å²) >= 11 is 6.03. The monoisotopic (exact) mass is 409 g/mol. The molecule has 0 spiro atoms. The second-order valence-corrected chi connectivity index (χ2v) is 7.16. The number of nitrogens with zero attached hydrogens (tertiary/aromatic N) is 2. The third-order valence-corrected chi connectivity index (χ3v) is 4.82. The molecule has 0 unspecified atom stereocenters. The van der Waals surface area contributed by atoms with Crippen LogP contribution in [0.3, 0.4) is 0 Å². The van der Waals surface area contributed by atoms with Crippen molar-refractivity contribution in [3.8, 4) is 0 Å². The van der Waals surface area contributed by atoms with Gasteiger partial charge in [0, 0.05) is 11.9 Å². The maximum absolute atomic E-state index is 13.2. The van der Waals surface area contributed by atoms with Crippen molar-refractivity contribution >= 4 is 28.8 Å². The van der Waals surface area contributed by atoms with Gasteiger partial charge in [-0.1, -0.05) is 36.2 Å². The fraction of sp³-hybridized carbons (Fsp3) is 0.300. The van der Waals surface area contributed by atoms with Crippen LogP contribution < -0.4 is 5.32 Å². The van der Waals surface area contributed by atoms with Crippen LogP contribution >= 0.6 is 11.6 Å². The lowest BCUT2D eigenvalue weighted by Gasteiger charge is -2.14. The molecule has 3 aromatic rings. The van der Waals surface area contributed by atoms with E-state index < -0.39 is 17.6 Å². The molecule has 0 aliphatic carbocycles. The lowest BCUT2D eigenvalue weighted by atomic mass is 10.0. The fourth-order valence-corrected chi connectivity index (χ4v) is 3.59. The van der Waals surface area contributed by atoms with Gasteiger partial charge >= 0.3 is 6.18 Å². The number of benzene rings is 1. The number of hydrogen-bond donors (Lipinski definition) is 1. The fourth-order valence-electron chi connectivity index (χ4n) is 3.34. The second-order valence-electron chi connectivity index (χ2n) is 6.76. The van der Waals surface area contributed by atoms with Gasteiger partial charge in [-0.15, -0.1) is 0 Å². The van der Waals surface area contributed by atoms with E-state index in [0.717, 1.165) is 33.4 Å². The first kappa shape index (κ1) is 20.2. The first-order valence-electron chi connectivity index (χ1n) is 8.69. The lowest BCUT2D eigenvalue weighted by Crippen LogP contribution is -2.18. The Morgan fingerprint density at radius 3 is 2.32 bits per heavy atom. The van der Waals surface area contributed by atoms with Crippen LogP contribution in [0, 0.1) is 20.8 Å². The van der Waals surface area contributed by atoms with Gasteiger partial charge in [-0.3, -0.25) is 9.20 Å². The highest BCUT2D eigenvalue weighted by atomic mass is 35.5. The minimum absolute atomic E-state index is 0.0462. The second kappa shape index (κ2) is 7.13. The third kappa shape index (κ3) is 3.58. The third-order valence-electron chi connectivity index (χ3n) is 4.54. The molecule has 2 heterocycles. The zero-order valence-electron chi connectivity index (χ0n) is 15.8. The summed E-state index contributed by atoms with van der Waals surface area (Å²) in [6, 6.07) is 4.67. The van der Waals surface area contributed by atoms with E-state index in [0.29, 0.717) is 17.8 Å². The van der Waals surface area contributed by atoms with Crippen LogP contribution in [-0.2, 0) is 12.6 Å². The van der Waals surface area contributed by atoms with Crippen LogP contribution in [0.4, 0.5) is 18.9 Å². The average Bonchev–Trinajstić information content (AvgIpc) is 2.96. The van der Waals surface area contributed by atoms with Gasteiger partial charge < -0.3 is 5.32 Å². The number of imidazole rings is 1. The molecule has 148 valence electrons. The molecule has 0 saturated carbocycles. The van der Waals surface area contributed by atoms with Gasteiger partial charge in [0.25, 0.3) is 5.91 Å². The van der Waals surface area contributed by atoms with E-state index >= 15 is 0 Å². The summed E-state index contributed by atoms with van der Waals surface area (Å²) in [5.41, 5.74) is 3.02. The Morgan fingerprint density at radius 1 is 1.18 bits per heavy atom. The normalized spacial score (nSPS) is 11.9. The summed E-state index contributed by atoms with van der Waals surface area (Å²) in [6.07, 6.45) is -3.36. The van der Waals surface area contributed by atoms with Gasteiger partial charge in [0.15, 0.2) is 5.65 Å². The van der Waals surface area contributed by atoms with Crippen molar-refractivity contribution in [3.05, 3.63) is 63.1 Å². The molecule has 0 saturated heterocycles. The summed E-state index contributed by atoms with van der Waals surface area (Å²) in [6.45, 7) is 7.46. The van der Waals surface area contributed by atoms with Gasteiger partial charge in [0.05, 0.1) is 16.3 Å². The van der Waals surface area contributed by atoms with E-state index in [1.54, 1.807) is 6.92 Å². The topological polar surface area (TPSA) is 46.4 Å². The number of nitrogens with one attached hydrogen (secondary N) is 1. The molecule has 0 radical (unpaired) electrons. The molecule has 1 N–H and O–H groups in total. The maximum Gasteiger partial charge on any atom is 0.417 e. The Bertz CT molecular complexity index is 1060. The zero-order chi connectivity index (χ0) is 20.8. The molecular formula is C20H19ClF3N3O. The molecule has 0 fully saturated rings. The minimum atomic E-state index is -4.59. The van der Waals surface area contributed by atoms with Crippen LogP contribution in [0.2, 0.25) is 5.02 Å². The molecule has 0 aliphatic heterocycles. The standard InChI is InChI=1S/C20H19ClF3N3O/c1-5-15-17(19(28)26-16-11(3)6-10(2)7-12(16)4)27-9-13(20(22,23)24)8-14(21)18(27)25-15/h6-9H,5H2,1-4H3,(H,26,28). The SMILES string of the molecule is CCc1nc2c(Cl)cc(C(F)(F)F)cn2c1C(=O)Nc1c(C)cc(C)cc1C. The highest BCUT2D eigenvalue weighted by molar-refractivity contribution is 6.33. The number of anilines is 1. The lowest BCUT2D eigenvalue weighted by molar-refractivity contribution is -0.137. The molecule has 1 aromatic carbocycles. The number of amides is 1. The summed E-state index contributed by atoms with van der Waals surface area (Å²) in [7, 11) is 0. The van der Waals surface area contributed by atoms with Crippen molar-refractivity contribution in [1.29, 1.82) is 0 Å². The number of alkyl halides is 3. The predicted molar refractivity (Wildman–Crippen MR) is 103 cm³/mol. The van der Waals surface area contributed by atoms with E-state index in [1.807, 2.05) is 32.9 Å². The van der Waals surface area contributed by atoms with Crippen LogP contribution in [0.1, 0.15) is 45.4 Å². The Balaban J connectivity index is 2.16. The molecule has 1 amide bonds. The number of pyridine rings is 1. The molecule has 0 bridgehead atoms. The Kier molecular flexibility index (Phi) is 5.14. The van der Waals surface area contributed by atoms with E-state index in [1.165, 1.54) is 0 Å². The molecule has 4 nitrogen and oxygen atoms in total. The highest BCUT2D eigenvalue weighted by Gasteiger charge is 2.33. The molecular weight excluding hydrogens is 391 g/mol. The number of hydrogen-bond acceptors (Lipinski definition) is 2. The molecule has 28 heavy (non-hydrogen) atoms. The number of rotatable bonds is 3. The summed E-state index contributed by atoms with van der Waals surface area (Å²) in [4.78, 5) is 17.3. The summed E-state index contributed by atoms with van der Waals surface area (Å²) < 4.78 is 40.8. The van der Waals surface area contributed by atoms with Crippen LogP contribution in [0.15, 0.2) is 24.4 Å². The van der Waals surface area contributed by atoms with Gasteiger partial charge in [0.1, 0.15) is 5.69 Å². The first-order valence-corrected chi connectivity index (χ1v) is 9.07.